The van der Waals surface area contributed by atoms with Gasteiger partial charge in [0.2, 0.25) is 0 Å². The maximum Gasteiger partial charge on any atom is 0.159 e. The van der Waals surface area contributed by atoms with E-state index in [9.17, 15) is 4.79 Å². The average molecular weight is 537 g/mol. The number of carbonyl (C=O) groups is 1. The van der Waals surface area contributed by atoms with Gasteiger partial charge in [0.1, 0.15) is 0 Å². The standard InChI is InChI=1S/C39H24N2O/c1-23(42)26-14-17-30-28-8-2-4-10-32(28)39(34(30)21-26)33-11-5-3-9-29(33)31-18-15-27(22-35(31)39)36-19-16-25-13-12-24-7-6-20-40-37(24)38(25)41-36/h2-22H,1H3. The molecule has 1 unspecified atom stereocenters. The van der Waals surface area contributed by atoms with Crippen LogP contribution in [0.25, 0.3) is 55.3 Å². The fraction of sp³-hybridized carbons (Fsp3) is 0.0513. The summed E-state index contributed by atoms with van der Waals surface area (Å²) in [5.41, 5.74) is 13.8. The van der Waals surface area contributed by atoms with Gasteiger partial charge < -0.3 is 0 Å². The van der Waals surface area contributed by atoms with Crippen molar-refractivity contribution in [1.82, 2.24) is 9.97 Å². The van der Waals surface area contributed by atoms with Crippen molar-refractivity contribution in [3.63, 3.8) is 0 Å². The summed E-state index contributed by atoms with van der Waals surface area (Å²) in [6.07, 6.45) is 1.83. The van der Waals surface area contributed by atoms with Crippen molar-refractivity contribution >= 4 is 27.6 Å². The summed E-state index contributed by atoms with van der Waals surface area (Å²) in [5, 5.41) is 2.16. The van der Waals surface area contributed by atoms with Crippen LogP contribution in [-0.2, 0) is 5.41 Å². The Morgan fingerprint density at radius 2 is 1.19 bits per heavy atom. The van der Waals surface area contributed by atoms with Crippen LogP contribution in [0.2, 0.25) is 0 Å². The molecule has 42 heavy (non-hydrogen) atoms. The molecule has 2 aliphatic rings. The first-order valence-corrected chi connectivity index (χ1v) is 14.3. The van der Waals surface area contributed by atoms with Gasteiger partial charge >= 0.3 is 0 Å². The first-order chi connectivity index (χ1) is 20.6. The van der Waals surface area contributed by atoms with Crippen LogP contribution in [0.15, 0.2) is 128 Å². The Morgan fingerprint density at radius 3 is 1.93 bits per heavy atom. The van der Waals surface area contributed by atoms with Crippen molar-refractivity contribution < 1.29 is 4.79 Å². The zero-order valence-electron chi connectivity index (χ0n) is 22.9. The largest absolute Gasteiger partial charge is 0.295 e. The molecule has 3 nitrogen and oxygen atoms in total. The molecule has 0 radical (unpaired) electrons. The van der Waals surface area contributed by atoms with Gasteiger partial charge in [0.05, 0.1) is 22.1 Å². The van der Waals surface area contributed by atoms with E-state index in [-0.39, 0.29) is 5.78 Å². The van der Waals surface area contributed by atoms with Gasteiger partial charge in [-0.15, -0.1) is 0 Å². The molecular formula is C39H24N2O. The van der Waals surface area contributed by atoms with Gasteiger partial charge in [-0.1, -0.05) is 97.1 Å². The molecule has 5 aromatic carbocycles. The van der Waals surface area contributed by atoms with Gasteiger partial charge in [-0.3, -0.25) is 9.78 Å². The smallest absolute Gasteiger partial charge is 0.159 e. The number of hydrogen-bond donors (Lipinski definition) is 0. The normalized spacial score (nSPS) is 15.9. The van der Waals surface area contributed by atoms with Crippen molar-refractivity contribution in [3.05, 3.63) is 155 Å². The van der Waals surface area contributed by atoms with Crippen molar-refractivity contribution in [2.75, 3.05) is 0 Å². The lowest BCUT2D eigenvalue weighted by atomic mass is 9.70. The molecule has 2 aromatic heterocycles. The quantitative estimate of drug-likeness (QED) is 0.164. The Bertz CT molecular complexity index is 2290. The topological polar surface area (TPSA) is 42.9 Å². The van der Waals surface area contributed by atoms with Crippen molar-refractivity contribution in [3.8, 4) is 33.5 Å². The lowest BCUT2D eigenvalue weighted by molar-refractivity contribution is 0.101. The zero-order valence-corrected chi connectivity index (χ0v) is 22.9. The minimum Gasteiger partial charge on any atom is -0.295 e. The highest BCUT2D eigenvalue weighted by Crippen LogP contribution is 2.63. The van der Waals surface area contributed by atoms with E-state index in [1.54, 1.807) is 6.92 Å². The lowest BCUT2D eigenvalue weighted by Crippen LogP contribution is -2.26. The van der Waals surface area contributed by atoms with E-state index < -0.39 is 5.41 Å². The maximum atomic E-state index is 12.6. The first-order valence-electron chi connectivity index (χ1n) is 14.3. The highest BCUT2D eigenvalue weighted by Gasteiger charge is 2.51. The number of ketones is 1. The van der Waals surface area contributed by atoms with Crippen LogP contribution in [0.3, 0.4) is 0 Å². The molecule has 7 aromatic rings. The number of aromatic nitrogens is 2. The van der Waals surface area contributed by atoms with Gasteiger partial charge in [0.25, 0.3) is 0 Å². The maximum absolute atomic E-state index is 12.6. The highest BCUT2D eigenvalue weighted by molar-refractivity contribution is 6.04. The minimum absolute atomic E-state index is 0.0744. The number of rotatable bonds is 2. The summed E-state index contributed by atoms with van der Waals surface area (Å²) in [4.78, 5) is 22.5. The van der Waals surface area contributed by atoms with Crippen molar-refractivity contribution in [2.24, 2.45) is 0 Å². The van der Waals surface area contributed by atoms with Crippen LogP contribution < -0.4 is 0 Å². The third kappa shape index (κ3) is 2.92. The van der Waals surface area contributed by atoms with E-state index in [4.69, 9.17) is 4.98 Å². The van der Waals surface area contributed by atoms with Crippen LogP contribution in [-0.4, -0.2) is 15.8 Å². The predicted octanol–water partition coefficient (Wildman–Crippen LogP) is 9.00. The molecule has 2 aliphatic carbocycles. The van der Waals surface area contributed by atoms with E-state index in [2.05, 4.69) is 114 Å². The van der Waals surface area contributed by atoms with Gasteiger partial charge in [-0.2, -0.15) is 0 Å². The molecule has 3 heteroatoms. The van der Waals surface area contributed by atoms with Crippen LogP contribution in [0.5, 0.6) is 0 Å². The van der Waals surface area contributed by atoms with E-state index >= 15 is 0 Å². The van der Waals surface area contributed by atoms with Crippen LogP contribution in [0.4, 0.5) is 0 Å². The van der Waals surface area contributed by atoms with E-state index in [1.807, 2.05) is 18.3 Å². The molecule has 0 amide bonds. The number of fused-ring (bicyclic) bond motifs is 13. The van der Waals surface area contributed by atoms with E-state index in [1.165, 1.54) is 44.5 Å². The summed E-state index contributed by atoms with van der Waals surface area (Å²) in [7, 11) is 0. The summed E-state index contributed by atoms with van der Waals surface area (Å²) in [6.45, 7) is 1.65. The van der Waals surface area contributed by atoms with Gasteiger partial charge in [0.15, 0.2) is 5.78 Å². The molecule has 0 saturated heterocycles. The minimum atomic E-state index is -0.523. The second-order valence-corrected chi connectivity index (χ2v) is 11.3. The molecule has 0 aliphatic heterocycles. The molecule has 0 N–H and O–H groups in total. The van der Waals surface area contributed by atoms with Crippen LogP contribution >= 0.6 is 0 Å². The summed E-state index contributed by atoms with van der Waals surface area (Å²) in [5.74, 6) is 0.0744. The number of benzene rings is 5. The molecule has 2 heterocycles. The molecule has 1 spiro atoms. The SMILES string of the molecule is CC(=O)c1ccc2c(c1)C1(c3ccccc3-2)c2ccccc2-c2ccc(-c3ccc4ccc5cccnc5c4n3)cc21. The average Bonchev–Trinajstić information content (AvgIpc) is 3.51. The molecule has 0 saturated carbocycles. The highest BCUT2D eigenvalue weighted by atomic mass is 16.1. The monoisotopic (exact) mass is 536 g/mol. The Labute approximate surface area is 243 Å². The number of Topliss-reactive ketones (excluding diaryl/α,β-unsaturated/α-hetero) is 1. The first kappa shape index (κ1) is 23.3. The number of pyridine rings is 2. The summed E-state index contributed by atoms with van der Waals surface area (Å²) >= 11 is 0. The zero-order chi connectivity index (χ0) is 28.0. The third-order valence-electron chi connectivity index (χ3n) is 9.22. The second kappa shape index (κ2) is 8.31. The Kier molecular flexibility index (Phi) is 4.61. The van der Waals surface area contributed by atoms with Crippen LogP contribution in [0.1, 0.15) is 39.5 Å². The van der Waals surface area contributed by atoms with Crippen molar-refractivity contribution in [1.29, 1.82) is 0 Å². The Hall–Kier alpha value is -5.41. The second-order valence-electron chi connectivity index (χ2n) is 11.3. The fourth-order valence-electron chi connectivity index (χ4n) is 7.40. The van der Waals surface area contributed by atoms with E-state index in [0.717, 1.165) is 38.6 Å². The summed E-state index contributed by atoms with van der Waals surface area (Å²) in [6, 6.07) is 42.9. The van der Waals surface area contributed by atoms with Crippen molar-refractivity contribution in [2.45, 2.75) is 12.3 Å². The molecule has 0 bridgehead atoms. The molecule has 9 rings (SSSR count). The number of hydrogen-bond acceptors (Lipinski definition) is 3. The van der Waals surface area contributed by atoms with Gasteiger partial charge in [-0.25, -0.2) is 4.98 Å². The summed E-state index contributed by atoms with van der Waals surface area (Å²) < 4.78 is 0. The predicted molar refractivity (Wildman–Crippen MR) is 169 cm³/mol. The van der Waals surface area contributed by atoms with Gasteiger partial charge in [-0.05, 0) is 75.7 Å². The molecule has 196 valence electrons. The van der Waals surface area contributed by atoms with Crippen LogP contribution in [0, 0.1) is 0 Å². The lowest BCUT2D eigenvalue weighted by Gasteiger charge is -2.31. The number of nitrogens with zero attached hydrogens (tertiary/aromatic N) is 2. The fourth-order valence-corrected chi connectivity index (χ4v) is 7.40. The van der Waals surface area contributed by atoms with Gasteiger partial charge in [0, 0.05) is 28.1 Å². The molecule has 0 fully saturated rings. The Morgan fingerprint density at radius 1 is 0.571 bits per heavy atom. The Balaban J connectivity index is 1.36. The third-order valence-corrected chi connectivity index (χ3v) is 9.22. The van der Waals surface area contributed by atoms with E-state index in [0.29, 0.717) is 0 Å². The number of carbonyl (C=O) groups excluding carboxylic acids is 1. The molecule has 1 atom stereocenters. The molecular weight excluding hydrogens is 512 g/mol.